The lowest BCUT2D eigenvalue weighted by atomic mass is 10.4. The topological polar surface area (TPSA) is 401 Å². The fourth-order valence-corrected chi connectivity index (χ4v) is 6.02. The summed E-state index contributed by atoms with van der Waals surface area (Å²) in [5, 5.41) is 59.4. The highest BCUT2D eigenvalue weighted by molar-refractivity contribution is 7.11. The van der Waals surface area contributed by atoms with Crippen molar-refractivity contribution in [3.63, 3.8) is 0 Å². The second-order valence-electron chi connectivity index (χ2n) is 14.4. The molecule has 0 spiro atoms. The fraction of sp³-hybridized carbons (Fsp3) is 0.442. The van der Waals surface area contributed by atoms with E-state index in [0.29, 0.717) is 47.0 Å². The van der Waals surface area contributed by atoms with Crippen LogP contribution in [0.15, 0.2) is 62.4 Å². The van der Waals surface area contributed by atoms with Crippen LogP contribution in [-0.2, 0) is 0 Å². The molecule has 12 heterocycles. The zero-order valence-electron chi connectivity index (χ0n) is 47.0. The molecule has 0 N–H and O–H groups in total. The predicted octanol–water partition coefficient (Wildman–Crippen LogP) is 9.04. The van der Waals surface area contributed by atoms with Crippen molar-refractivity contribution >= 4 is 57.3 Å². The van der Waals surface area contributed by atoms with Crippen molar-refractivity contribution in [1.82, 2.24) is 120 Å². The molecule has 12 aromatic heterocycles. The molecule has 0 amide bonds. The Balaban J connectivity index is 0.000000431. The first-order valence-electron chi connectivity index (χ1n) is 22.5. The van der Waals surface area contributed by atoms with E-state index in [4.69, 9.17) is 4.42 Å². The van der Waals surface area contributed by atoms with E-state index in [1.54, 1.807) is 96.1 Å². The van der Waals surface area contributed by atoms with E-state index in [2.05, 4.69) is 147 Å². The highest BCUT2D eigenvalue weighted by atomic mass is 32.1. The second-order valence-corrected chi connectivity index (χ2v) is 19.8. The Labute approximate surface area is 474 Å². The third kappa shape index (κ3) is 38.9. The molecular formula is C43H62N24O7S5. The van der Waals surface area contributed by atoms with Gasteiger partial charge in [-0.3, -0.25) is 0 Å². The SMILES string of the molecule is Cc1cnon1.Cc1ncno1.Cc1ncns1.Cc1nnc(C)o1.Cc1nnc(C)s1.Cc1nnco1.Cc1nncs1.Cc1noc(C)n1.Cc1noc(C)n1.Cc1nonc1C.Cc1nsc(C)n1.Cc1nsc(C)n1. The van der Waals surface area contributed by atoms with Crippen molar-refractivity contribution < 1.29 is 31.7 Å². The first-order valence-corrected chi connectivity index (χ1v) is 26.6. The van der Waals surface area contributed by atoms with Crippen LogP contribution in [0.1, 0.15) is 106 Å². The molecule has 0 unspecified atom stereocenters. The van der Waals surface area contributed by atoms with Crippen LogP contribution in [0.25, 0.3) is 0 Å². The minimum atomic E-state index is 0.606. The van der Waals surface area contributed by atoms with Crippen molar-refractivity contribution in [2.24, 2.45) is 0 Å². The molecule has 0 aliphatic carbocycles. The summed E-state index contributed by atoms with van der Waals surface area (Å²) in [6, 6.07) is 0. The molecule has 12 aromatic rings. The van der Waals surface area contributed by atoms with E-state index >= 15 is 0 Å². The quantitative estimate of drug-likeness (QED) is 0.136. The summed E-state index contributed by atoms with van der Waals surface area (Å²) in [5.74, 6) is 6.84. The lowest BCUT2D eigenvalue weighted by molar-refractivity contribution is 0.302. The summed E-state index contributed by atoms with van der Waals surface area (Å²) in [7, 11) is 0. The molecule has 12 rings (SSSR count). The highest BCUT2D eigenvalue weighted by Gasteiger charge is 1.95. The van der Waals surface area contributed by atoms with Crippen molar-refractivity contribution in [2.45, 2.75) is 132 Å². The van der Waals surface area contributed by atoms with Gasteiger partial charge in [0.15, 0.2) is 18.0 Å². The van der Waals surface area contributed by atoms with Gasteiger partial charge in [0.2, 0.25) is 41.7 Å². The summed E-state index contributed by atoms with van der Waals surface area (Å²) in [6.45, 7) is 35.1. The molecule has 0 saturated heterocycles. The van der Waals surface area contributed by atoms with Gasteiger partial charge in [-0.25, -0.2) is 24.2 Å². The van der Waals surface area contributed by atoms with Crippen LogP contribution in [0.5, 0.6) is 0 Å². The molecule has 31 nitrogen and oxygen atoms in total. The largest absolute Gasteiger partial charge is 0.428 e. The molecule has 0 fully saturated rings. The normalized spacial score (nSPS) is 9.20. The maximum Gasteiger partial charge on any atom is 0.223 e. The number of rotatable bonds is 0. The molecule has 0 saturated carbocycles. The lowest BCUT2D eigenvalue weighted by Crippen LogP contribution is -1.71. The van der Waals surface area contributed by atoms with Gasteiger partial charge in [-0.2, -0.15) is 28.1 Å². The zero-order chi connectivity index (χ0) is 59.0. The van der Waals surface area contributed by atoms with E-state index in [0.717, 1.165) is 58.8 Å². The Kier molecular flexibility index (Phi) is 35.7. The van der Waals surface area contributed by atoms with Crippen molar-refractivity contribution in [2.75, 3.05) is 0 Å². The van der Waals surface area contributed by atoms with Gasteiger partial charge in [0.05, 0.1) is 6.20 Å². The molecular weight excluding hydrogens is 1120 g/mol. The smallest absolute Gasteiger partial charge is 0.223 e. The van der Waals surface area contributed by atoms with Gasteiger partial charge in [-0.1, -0.05) is 36.1 Å². The summed E-state index contributed by atoms with van der Waals surface area (Å²) < 4.78 is 43.4. The van der Waals surface area contributed by atoms with E-state index in [-0.39, 0.29) is 0 Å². The standard InChI is InChI=1S/4C4H6N2O.3C4H6N2S.3C3H4N2O.2C3H4N2S/c1-3-5-6-4(2)7-3;2*1-3-5-4(2)7-6-3;1-3-4(2)6-7-5-3;1-3-5-6-4(2)7-3;2*1-3-5-4(2)7-6-3;1-3-5-4-2-6-3;1-3-4-2-5-6-3;1-3-2-4-6-5-3;1-3-5-4-2-6-3;1-3-4-2-5-6-3/h7*1-2H3;5*2H,1H3. The first kappa shape index (κ1) is 68.8. The molecule has 0 radical (unpaired) electrons. The molecule has 0 bridgehead atoms. The second kappa shape index (κ2) is 41.0. The molecule has 79 heavy (non-hydrogen) atoms. The first-order chi connectivity index (χ1) is 37.5. The van der Waals surface area contributed by atoms with Crippen LogP contribution in [0.2, 0.25) is 0 Å². The van der Waals surface area contributed by atoms with Gasteiger partial charge in [0.1, 0.15) is 70.6 Å². The summed E-state index contributed by atoms with van der Waals surface area (Å²) in [6.07, 6.45) is 5.78. The van der Waals surface area contributed by atoms with Crippen molar-refractivity contribution in [3.05, 3.63) is 137 Å². The van der Waals surface area contributed by atoms with E-state index in [1.807, 2.05) is 76.2 Å². The maximum absolute atomic E-state index is 4.86. The number of aromatic nitrogens is 24. The minimum Gasteiger partial charge on any atom is -0.428 e. The molecule has 0 atom stereocenters. The minimum absolute atomic E-state index is 0.606. The maximum atomic E-state index is 4.86. The van der Waals surface area contributed by atoms with Crippen LogP contribution < -0.4 is 0 Å². The zero-order valence-corrected chi connectivity index (χ0v) is 51.1. The average Bonchev–Trinajstić information content (AvgIpc) is 4.20. The number of hydrogen-bond acceptors (Lipinski definition) is 36. The van der Waals surface area contributed by atoms with Crippen molar-refractivity contribution in [3.8, 4) is 0 Å². The van der Waals surface area contributed by atoms with E-state index in [1.165, 1.54) is 47.3 Å². The molecule has 36 heteroatoms. The van der Waals surface area contributed by atoms with Gasteiger partial charge in [-0.05, 0) is 125 Å². The lowest BCUT2D eigenvalue weighted by Gasteiger charge is -1.71. The summed E-state index contributed by atoms with van der Waals surface area (Å²) in [5.41, 5.74) is 4.25. The van der Waals surface area contributed by atoms with Gasteiger partial charge >= 0.3 is 0 Å². The van der Waals surface area contributed by atoms with Crippen molar-refractivity contribution in [1.29, 1.82) is 0 Å². The molecule has 0 aliphatic heterocycles. The van der Waals surface area contributed by atoms with Crippen LogP contribution in [0.3, 0.4) is 0 Å². The predicted molar refractivity (Wildman–Crippen MR) is 290 cm³/mol. The fourth-order valence-electron chi connectivity index (χ4n) is 3.79. The number of nitrogens with zero attached hydrogens (tertiary/aromatic N) is 24. The van der Waals surface area contributed by atoms with Gasteiger partial charge < -0.3 is 22.4 Å². The third-order valence-corrected chi connectivity index (χ3v) is 10.4. The Morgan fingerprint density at radius 1 is 0.392 bits per heavy atom. The molecule has 0 aromatic carbocycles. The molecule has 0 aliphatic rings. The Morgan fingerprint density at radius 2 is 0.949 bits per heavy atom. The third-order valence-electron chi connectivity index (χ3n) is 7.00. The van der Waals surface area contributed by atoms with Crippen LogP contribution >= 0.6 is 57.3 Å². The number of hydrogen-bond donors (Lipinski definition) is 0. The van der Waals surface area contributed by atoms with Gasteiger partial charge in [0, 0.05) is 41.5 Å². The summed E-state index contributed by atoms with van der Waals surface area (Å²) >= 11 is 7.48. The Hall–Kier alpha value is -8.22. The van der Waals surface area contributed by atoms with Crippen LogP contribution in [0.4, 0.5) is 0 Å². The summed E-state index contributed by atoms with van der Waals surface area (Å²) in [4.78, 5) is 23.2. The average molecular weight is 1190 g/mol. The van der Waals surface area contributed by atoms with E-state index < -0.39 is 0 Å². The Bertz CT molecular complexity index is 2620. The van der Waals surface area contributed by atoms with Crippen LogP contribution in [-0.4, -0.2) is 120 Å². The Morgan fingerprint density at radius 3 is 1.08 bits per heavy atom. The van der Waals surface area contributed by atoms with Gasteiger partial charge in [0.25, 0.3) is 0 Å². The van der Waals surface area contributed by atoms with E-state index in [9.17, 15) is 0 Å². The highest BCUT2D eigenvalue weighted by Crippen LogP contribution is 2.04. The van der Waals surface area contributed by atoms with Crippen LogP contribution in [0, 0.1) is 132 Å². The van der Waals surface area contributed by atoms with Gasteiger partial charge in [-0.15, -0.1) is 63.5 Å². The molecule has 426 valence electrons. The monoisotopic (exact) mass is 1190 g/mol. The number of aryl methyl sites for hydroxylation is 19.